The van der Waals surface area contributed by atoms with Crippen LogP contribution >= 0.6 is 0 Å². The lowest BCUT2D eigenvalue weighted by Gasteiger charge is -2.19. The molecule has 1 saturated carbocycles. The molecule has 1 aliphatic heterocycles. The highest BCUT2D eigenvalue weighted by Gasteiger charge is 2.60. The number of amides is 1. The van der Waals surface area contributed by atoms with Gasteiger partial charge in [0.2, 0.25) is 5.91 Å². The molecule has 68 valence electrons. The molecule has 0 spiro atoms. The lowest BCUT2D eigenvalue weighted by Crippen LogP contribution is -2.37. The van der Waals surface area contributed by atoms with Gasteiger partial charge in [0.25, 0.3) is 0 Å². The van der Waals surface area contributed by atoms with Crippen LogP contribution in [0.5, 0.6) is 0 Å². The lowest BCUT2D eigenvalue weighted by molar-refractivity contribution is -0.119. The first-order valence-electron chi connectivity index (χ1n) is 4.63. The summed E-state index contributed by atoms with van der Waals surface area (Å²) in [5.74, 6) is 0.911. The molecule has 0 aromatic carbocycles. The second kappa shape index (κ2) is 2.46. The summed E-state index contributed by atoms with van der Waals surface area (Å²) in [4.78, 5) is 10.7. The smallest absolute Gasteiger partial charge is 0.216 e. The van der Waals surface area contributed by atoms with E-state index in [0.29, 0.717) is 11.5 Å². The van der Waals surface area contributed by atoms with E-state index in [9.17, 15) is 4.79 Å². The predicted molar refractivity (Wildman–Crippen MR) is 46.7 cm³/mol. The Morgan fingerprint density at radius 3 is 2.92 bits per heavy atom. The third-order valence-electron chi connectivity index (χ3n) is 3.48. The van der Waals surface area contributed by atoms with Gasteiger partial charge in [0.05, 0.1) is 0 Å². The van der Waals surface area contributed by atoms with Crippen LogP contribution < -0.4 is 10.6 Å². The fraction of sp³-hybridized carbons (Fsp3) is 0.889. The molecule has 3 nitrogen and oxygen atoms in total. The van der Waals surface area contributed by atoms with Crippen molar-refractivity contribution < 1.29 is 4.79 Å². The van der Waals surface area contributed by atoms with Crippen LogP contribution in [0.25, 0.3) is 0 Å². The van der Waals surface area contributed by atoms with Gasteiger partial charge < -0.3 is 10.6 Å². The average molecular weight is 168 g/mol. The van der Waals surface area contributed by atoms with Crippen molar-refractivity contribution in [2.24, 2.45) is 11.3 Å². The zero-order chi connectivity index (χ0) is 8.77. The van der Waals surface area contributed by atoms with E-state index in [0.717, 1.165) is 19.0 Å². The maximum atomic E-state index is 10.7. The summed E-state index contributed by atoms with van der Waals surface area (Å²) in [6.07, 6.45) is 1.29. The van der Waals surface area contributed by atoms with Crippen molar-refractivity contribution in [1.29, 1.82) is 0 Å². The van der Waals surface area contributed by atoms with Gasteiger partial charge in [-0.05, 0) is 25.8 Å². The highest BCUT2D eigenvalue weighted by atomic mass is 16.1. The highest BCUT2D eigenvalue weighted by molar-refractivity contribution is 5.72. The molecule has 3 heteroatoms. The van der Waals surface area contributed by atoms with Crippen LogP contribution in [0.3, 0.4) is 0 Å². The summed E-state index contributed by atoms with van der Waals surface area (Å²) >= 11 is 0. The predicted octanol–water partition coefficient (Wildman–Crippen LogP) is 0.120. The molecule has 2 N–H and O–H groups in total. The van der Waals surface area contributed by atoms with E-state index in [4.69, 9.17) is 0 Å². The van der Waals surface area contributed by atoms with Crippen molar-refractivity contribution in [3.05, 3.63) is 0 Å². The van der Waals surface area contributed by atoms with Crippen molar-refractivity contribution in [1.82, 2.24) is 10.6 Å². The number of nitrogens with one attached hydrogen (secondary N) is 2. The molecule has 0 unspecified atom stereocenters. The summed E-state index contributed by atoms with van der Waals surface area (Å²) in [7, 11) is 0. The molecule has 2 rings (SSSR count). The summed E-state index contributed by atoms with van der Waals surface area (Å²) < 4.78 is 0. The number of hydrogen-bond donors (Lipinski definition) is 2. The Morgan fingerprint density at radius 1 is 1.75 bits per heavy atom. The minimum absolute atomic E-state index is 0.0918. The molecule has 2 aliphatic rings. The fourth-order valence-corrected chi connectivity index (χ4v) is 2.39. The Balaban J connectivity index is 1.91. The van der Waals surface area contributed by atoms with E-state index in [2.05, 4.69) is 17.6 Å². The summed E-state index contributed by atoms with van der Waals surface area (Å²) in [5, 5.41) is 6.35. The fourth-order valence-electron chi connectivity index (χ4n) is 2.39. The quantitative estimate of drug-likeness (QED) is 0.615. The van der Waals surface area contributed by atoms with Gasteiger partial charge in [-0.15, -0.1) is 0 Å². The Labute approximate surface area is 72.9 Å². The highest BCUT2D eigenvalue weighted by Crippen LogP contribution is 2.57. The van der Waals surface area contributed by atoms with E-state index in [1.165, 1.54) is 6.42 Å². The number of fused-ring (bicyclic) bond motifs is 1. The van der Waals surface area contributed by atoms with Gasteiger partial charge in [-0.2, -0.15) is 0 Å². The molecule has 0 aromatic rings. The van der Waals surface area contributed by atoms with Crippen LogP contribution in [0, 0.1) is 11.3 Å². The molecule has 0 radical (unpaired) electrons. The SMILES string of the molecule is CC(=O)NC[C@@]12C[C@@H]1CN[C@@H]2C. The number of piperidine rings is 1. The maximum Gasteiger partial charge on any atom is 0.216 e. The molecule has 3 atom stereocenters. The zero-order valence-corrected chi connectivity index (χ0v) is 7.68. The van der Waals surface area contributed by atoms with Gasteiger partial charge in [0, 0.05) is 24.9 Å². The molecular weight excluding hydrogens is 152 g/mol. The second-order valence-corrected chi connectivity index (χ2v) is 4.17. The largest absolute Gasteiger partial charge is 0.356 e. The molecule has 1 heterocycles. The van der Waals surface area contributed by atoms with Crippen LogP contribution in [0.15, 0.2) is 0 Å². The van der Waals surface area contributed by atoms with Crippen molar-refractivity contribution in [3.8, 4) is 0 Å². The van der Waals surface area contributed by atoms with Gasteiger partial charge in [0.15, 0.2) is 0 Å². The molecule has 2 fully saturated rings. The van der Waals surface area contributed by atoms with Crippen molar-refractivity contribution >= 4 is 5.91 Å². The number of carbonyl (C=O) groups excluding carboxylic acids is 1. The third kappa shape index (κ3) is 1.04. The van der Waals surface area contributed by atoms with Crippen LogP contribution in [0.2, 0.25) is 0 Å². The molecule has 1 aliphatic carbocycles. The van der Waals surface area contributed by atoms with Gasteiger partial charge in [0.1, 0.15) is 0 Å². The van der Waals surface area contributed by atoms with Crippen molar-refractivity contribution in [2.75, 3.05) is 13.1 Å². The minimum Gasteiger partial charge on any atom is -0.356 e. The normalized spacial score (nSPS) is 43.8. The standard InChI is InChI=1S/C9H16N2O/c1-6-9(5-11-7(2)12)3-8(9)4-10-6/h6,8,10H,3-5H2,1-2H3,(H,11,12)/t6-,8-,9-/m1/s1. The summed E-state index contributed by atoms with van der Waals surface area (Å²) in [6, 6.07) is 0.578. The Hall–Kier alpha value is -0.570. The Kier molecular flexibility index (Phi) is 1.65. The van der Waals surface area contributed by atoms with E-state index in [1.807, 2.05) is 0 Å². The molecule has 0 bridgehead atoms. The molecule has 12 heavy (non-hydrogen) atoms. The van der Waals surface area contributed by atoms with Crippen molar-refractivity contribution in [3.63, 3.8) is 0 Å². The number of hydrogen-bond acceptors (Lipinski definition) is 2. The van der Waals surface area contributed by atoms with E-state index in [1.54, 1.807) is 6.92 Å². The average Bonchev–Trinajstić information content (AvgIpc) is 2.65. The Bertz CT molecular complexity index is 217. The third-order valence-corrected chi connectivity index (χ3v) is 3.48. The van der Waals surface area contributed by atoms with Gasteiger partial charge >= 0.3 is 0 Å². The monoisotopic (exact) mass is 168 g/mol. The first kappa shape index (κ1) is 8.05. The van der Waals surface area contributed by atoms with Gasteiger partial charge in [-0.3, -0.25) is 4.79 Å². The first-order chi connectivity index (χ1) is 5.65. The maximum absolute atomic E-state index is 10.7. The molecule has 1 saturated heterocycles. The van der Waals surface area contributed by atoms with Gasteiger partial charge in [-0.25, -0.2) is 0 Å². The lowest BCUT2D eigenvalue weighted by atomic mass is 9.98. The molecular formula is C9H16N2O. The minimum atomic E-state index is 0.0918. The second-order valence-electron chi connectivity index (χ2n) is 4.17. The van der Waals surface area contributed by atoms with Gasteiger partial charge in [-0.1, -0.05) is 0 Å². The first-order valence-corrected chi connectivity index (χ1v) is 4.63. The van der Waals surface area contributed by atoms with E-state index in [-0.39, 0.29) is 5.91 Å². The Morgan fingerprint density at radius 2 is 2.50 bits per heavy atom. The van der Waals surface area contributed by atoms with E-state index < -0.39 is 0 Å². The molecule has 0 aromatic heterocycles. The topological polar surface area (TPSA) is 41.1 Å². The summed E-state index contributed by atoms with van der Waals surface area (Å²) in [5.41, 5.74) is 0.408. The van der Waals surface area contributed by atoms with Crippen molar-refractivity contribution in [2.45, 2.75) is 26.3 Å². The van der Waals surface area contributed by atoms with Crippen LogP contribution in [0.4, 0.5) is 0 Å². The molecule has 1 amide bonds. The van der Waals surface area contributed by atoms with Crippen LogP contribution in [-0.2, 0) is 4.79 Å². The van der Waals surface area contributed by atoms with Crippen LogP contribution in [0.1, 0.15) is 20.3 Å². The summed E-state index contributed by atoms with van der Waals surface area (Å²) in [6.45, 7) is 5.80. The number of rotatable bonds is 2. The van der Waals surface area contributed by atoms with E-state index >= 15 is 0 Å². The zero-order valence-electron chi connectivity index (χ0n) is 7.68. The number of carbonyl (C=O) groups is 1. The van der Waals surface area contributed by atoms with Crippen LogP contribution in [-0.4, -0.2) is 25.0 Å².